The summed E-state index contributed by atoms with van der Waals surface area (Å²) in [5.41, 5.74) is 0.804. The van der Waals surface area contributed by atoms with Gasteiger partial charge in [0.1, 0.15) is 0 Å². The Morgan fingerprint density at radius 3 is 2.36 bits per heavy atom. The molecule has 0 aromatic heterocycles. The molecule has 1 rings (SSSR count). The van der Waals surface area contributed by atoms with Crippen molar-refractivity contribution in [3.63, 3.8) is 0 Å². The third kappa shape index (κ3) is 8.09. The molecule has 6 nitrogen and oxygen atoms in total. The molecule has 0 saturated heterocycles. The van der Waals surface area contributed by atoms with Crippen LogP contribution in [0.1, 0.15) is 58.9 Å². The van der Waals surface area contributed by atoms with Crippen molar-refractivity contribution in [2.24, 2.45) is 11.8 Å². The summed E-state index contributed by atoms with van der Waals surface area (Å²) in [5, 5.41) is 0. The lowest BCUT2D eigenvalue weighted by atomic mass is 9.97. The average Bonchev–Trinajstić information content (AvgIpc) is 2.60. The number of ether oxygens (including phenoxy) is 1. The van der Waals surface area contributed by atoms with Crippen molar-refractivity contribution in [1.82, 2.24) is 4.90 Å². The highest BCUT2D eigenvalue weighted by Gasteiger charge is 2.24. The van der Waals surface area contributed by atoms with Crippen LogP contribution in [-0.2, 0) is 21.5 Å². The Morgan fingerprint density at radius 1 is 1.18 bits per heavy atom. The van der Waals surface area contributed by atoms with E-state index in [4.69, 9.17) is 8.92 Å². The number of methoxy groups -OCH3 is 1. The topological polar surface area (TPSA) is 72.9 Å². The Hall–Kier alpha value is -1.76. The normalized spacial score (nSPS) is 12.7. The molecule has 0 N–H and O–H groups in total. The van der Waals surface area contributed by atoms with Crippen molar-refractivity contribution >= 4 is 16.0 Å². The van der Waals surface area contributed by atoms with Crippen LogP contribution in [-0.4, -0.2) is 39.1 Å². The molecule has 1 aromatic carbocycles. The Labute approximate surface area is 170 Å². The molecule has 0 aliphatic carbocycles. The van der Waals surface area contributed by atoms with Crippen molar-refractivity contribution in [1.29, 1.82) is 0 Å². The fourth-order valence-electron chi connectivity index (χ4n) is 3.15. The highest BCUT2D eigenvalue weighted by atomic mass is 32.2. The first-order valence-corrected chi connectivity index (χ1v) is 11.8. The van der Waals surface area contributed by atoms with E-state index < -0.39 is 10.1 Å². The van der Waals surface area contributed by atoms with Gasteiger partial charge in [0.05, 0.1) is 13.4 Å². The van der Waals surface area contributed by atoms with Crippen LogP contribution in [0.5, 0.6) is 11.5 Å². The molecule has 0 saturated carbocycles. The van der Waals surface area contributed by atoms with E-state index in [1.54, 1.807) is 12.1 Å². The van der Waals surface area contributed by atoms with Gasteiger partial charge in [0.15, 0.2) is 11.5 Å². The Bertz CT molecular complexity index is 730. The van der Waals surface area contributed by atoms with Gasteiger partial charge in [-0.1, -0.05) is 46.6 Å². The predicted octanol–water partition coefficient (Wildman–Crippen LogP) is 4.23. The van der Waals surface area contributed by atoms with Gasteiger partial charge in [0.2, 0.25) is 5.91 Å². The van der Waals surface area contributed by atoms with Gasteiger partial charge in [-0.2, -0.15) is 8.42 Å². The van der Waals surface area contributed by atoms with Crippen LogP contribution in [0.25, 0.3) is 0 Å². The van der Waals surface area contributed by atoms with Crippen LogP contribution in [0.4, 0.5) is 0 Å². The van der Waals surface area contributed by atoms with E-state index in [1.165, 1.54) is 7.11 Å². The fourth-order valence-corrected chi connectivity index (χ4v) is 3.61. The van der Waals surface area contributed by atoms with Gasteiger partial charge in [-0.15, -0.1) is 0 Å². The molecule has 0 unspecified atom stereocenters. The summed E-state index contributed by atoms with van der Waals surface area (Å²) in [4.78, 5) is 15.0. The number of rotatable bonds is 12. The van der Waals surface area contributed by atoms with E-state index in [2.05, 4.69) is 27.7 Å². The SMILES string of the molecule is CCCC[C@H](CC)C(=O)N(Cc1ccc(OC)c(OS(C)(=O)=O)c1)CC(C)C. The van der Waals surface area contributed by atoms with E-state index in [9.17, 15) is 13.2 Å². The summed E-state index contributed by atoms with van der Waals surface area (Å²) in [5.74, 6) is 0.982. The first kappa shape index (κ1) is 24.3. The summed E-state index contributed by atoms with van der Waals surface area (Å²) < 4.78 is 33.3. The van der Waals surface area contributed by atoms with Crippen molar-refractivity contribution in [3.05, 3.63) is 23.8 Å². The average molecular weight is 414 g/mol. The zero-order valence-electron chi connectivity index (χ0n) is 18.0. The molecule has 28 heavy (non-hydrogen) atoms. The fraction of sp³-hybridized carbons (Fsp3) is 0.667. The molecule has 7 heteroatoms. The van der Waals surface area contributed by atoms with Crippen LogP contribution in [0.3, 0.4) is 0 Å². The number of hydrogen-bond donors (Lipinski definition) is 0. The molecule has 0 aliphatic heterocycles. The van der Waals surface area contributed by atoms with Crippen molar-refractivity contribution in [2.45, 2.75) is 59.9 Å². The highest BCUT2D eigenvalue weighted by molar-refractivity contribution is 7.86. The second-order valence-electron chi connectivity index (χ2n) is 7.63. The molecular weight excluding hydrogens is 378 g/mol. The van der Waals surface area contributed by atoms with Gasteiger partial charge in [-0.25, -0.2) is 0 Å². The standard InChI is InChI=1S/C21H35NO5S/c1-7-9-10-18(8-2)21(23)22(14-16(3)4)15-17-11-12-19(26-5)20(13-17)27-28(6,24)25/h11-13,16,18H,7-10,14-15H2,1-6H3/t18-/m0/s1. The number of nitrogens with zero attached hydrogens (tertiary/aromatic N) is 1. The van der Waals surface area contributed by atoms with E-state index in [-0.39, 0.29) is 17.6 Å². The van der Waals surface area contributed by atoms with Crippen molar-refractivity contribution < 1.29 is 22.1 Å². The van der Waals surface area contributed by atoms with Crippen LogP contribution < -0.4 is 8.92 Å². The van der Waals surface area contributed by atoms with Crippen LogP contribution >= 0.6 is 0 Å². The van der Waals surface area contributed by atoms with E-state index >= 15 is 0 Å². The Morgan fingerprint density at radius 2 is 1.86 bits per heavy atom. The zero-order valence-corrected chi connectivity index (χ0v) is 18.8. The summed E-state index contributed by atoms with van der Waals surface area (Å²) in [6.45, 7) is 9.40. The maximum absolute atomic E-state index is 13.1. The number of benzene rings is 1. The van der Waals surface area contributed by atoms with Gasteiger partial charge in [-0.05, 0) is 36.5 Å². The van der Waals surface area contributed by atoms with Gasteiger partial charge >= 0.3 is 10.1 Å². The third-order valence-electron chi connectivity index (χ3n) is 4.49. The van der Waals surface area contributed by atoms with Crippen LogP contribution in [0.2, 0.25) is 0 Å². The maximum Gasteiger partial charge on any atom is 0.306 e. The zero-order chi connectivity index (χ0) is 21.3. The minimum Gasteiger partial charge on any atom is -0.493 e. The third-order valence-corrected chi connectivity index (χ3v) is 4.97. The van der Waals surface area contributed by atoms with Gasteiger partial charge < -0.3 is 13.8 Å². The van der Waals surface area contributed by atoms with Crippen LogP contribution in [0.15, 0.2) is 18.2 Å². The maximum atomic E-state index is 13.1. The Balaban J connectivity index is 3.11. The molecule has 0 radical (unpaired) electrons. The summed E-state index contributed by atoms with van der Waals surface area (Å²) >= 11 is 0. The number of unbranched alkanes of at least 4 members (excludes halogenated alkanes) is 1. The monoisotopic (exact) mass is 413 g/mol. The molecule has 0 heterocycles. The van der Waals surface area contributed by atoms with Crippen LogP contribution in [0, 0.1) is 11.8 Å². The van der Waals surface area contributed by atoms with Crippen molar-refractivity contribution in [2.75, 3.05) is 19.9 Å². The second kappa shape index (κ2) is 11.3. The molecule has 0 bridgehead atoms. The number of amides is 1. The molecule has 0 aliphatic rings. The number of hydrogen-bond acceptors (Lipinski definition) is 5. The molecule has 1 atom stereocenters. The van der Waals surface area contributed by atoms with Gasteiger partial charge in [0, 0.05) is 19.0 Å². The lowest BCUT2D eigenvalue weighted by molar-refractivity contribution is -0.137. The Kier molecular flexibility index (Phi) is 9.79. The molecular formula is C21H35NO5S. The number of carbonyl (C=O) groups excluding carboxylic acids is 1. The molecule has 160 valence electrons. The van der Waals surface area contributed by atoms with Gasteiger partial charge in [0.25, 0.3) is 0 Å². The number of carbonyl (C=O) groups is 1. The van der Waals surface area contributed by atoms with E-state index in [0.717, 1.165) is 37.5 Å². The first-order valence-electron chi connectivity index (χ1n) is 9.96. The van der Waals surface area contributed by atoms with Gasteiger partial charge in [-0.3, -0.25) is 4.79 Å². The molecule has 0 fully saturated rings. The van der Waals surface area contributed by atoms with Crippen molar-refractivity contribution in [3.8, 4) is 11.5 Å². The second-order valence-corrected chi connectivity index (χ2v) is 9.21. The minimum atomic E-state index is -3.68. The molecule has 1 aromatic rings. The molecule has 0 spiro atoms. The summed E-state index contributed by atoms with van der Waals surface area (Å²) in [6.07, 6.45) is 4.81. The summed E-state index contributed by atoms with van der Waals surface area (Å²) in [7, 11) is -2.22. The summed E-state index contributed by atoms with van der Waals surface area (Å²) in [6, 6.07) is 5.14. The lowest BCUT2D eigenvalue weighted by Gasteiger charge is -2.29. The predicted molar refractivity (Wildman–Crippen MR) is 112 cm³/mol. The highest BCUT2D eigenvalue weighted by Crippen LogP contribution is 2.30. The molecule has 1 amide bonds. The quantitative estimate of drug-likeness (QED) is 0.479. The largest absolute Gasteiger partial charge is 0.493 e. The van der Waals surface area contributed by atoms with E-state index in [0.29, 0.717) is 24.8 Å². The van der Waals surface area contributed by atoms with E-state index in [1.807, 2.05) is 11.0 Å². The smallest absolute Gasteiger partial charge is 0.306 e. The first-order chi connectivity index (χ1) is 13.1. The minimum absolute atomic E-state index is 0.0173. The lowest BCUT2D eigenvalue weighted by Crippen LogP contribution is -2.38.